The number of aromatic nitrogens is 2. The van der Waals surface area contributed by atoms with Gasteiger partial charge in [-0.3, -0.25) is 9.59 Å². The molecule has 1 saturated carbocycles. The first-order valence-electron chi connectivity index (χ1n) is 11.7. The molecule has 180 valence electrons. The van der Waals surface area contributed by atoms with E-state index in [-0.39, 0.29) is 42.0 Å². The lowest BCUT2D eigenvalue weighted by Crippen LogP contribution is -2.38. The summed E-state index contributed by atoms with van der Waals surface area (Å²) < 4.78 is 13.5. The zero-order valence-electron chi connectivity index (χ0n) is 19.7. The zero-order valence-corrected chi connectivity index (χ0v) is 19.7. The third-order valence-corrected chi connectivity index (χ3v) is 6.44. The van der Waals surface area contributed by atoms with Crippen LogP contribution in [0.5, 0.6) is 0 Å². The Labute approximate surface area is 198 Å². The maximum Gasteiger partial charge on any atom is 0.270 e. The molecule has 1 fully saturated rings. The van der Waals surface area contributed by atoms with Crippen molar-refractivity contribution in [1.82, 2.24) is 20.6 Å². The Kier molecular flexibility index (Phi) is 7.19. The number of halogens is 1. The molecule has 4 rings (SSSR count). The van der Waals surface area contributed by atoms with E-state index in [0.717, 1.165) is 31.2 Å². The number of carbonyl (C=O) groups is 2. The molecule has 1 aromatic carbocycles. The third-order valence-electron chi connectivity index (χ3n) is 6.44. The molecule has 1 aliphatic carbocycles. The summed E-state index contributed by atoms with van der Waals surface area (Å²) in [5, 5.41) is 10.1. The average Bonchev–Trinajstić information content (AvgIpc) is 3.30. The summed E-state index contributed by atoms with van der Waals surface area (Å²) in [4.78, 5) is 38.5. The minimum atomic E-state index is -0.332. The molecule has 1 aliphatic heterocycles. The summed E-state index contributed by atoms with van der Waals surface area (Å²) in [7, 11) is 0. The summed E-state index contributed by atoms with van der Waals surface area (Å²) in [6, 6.07) is 6.62. The molecule has 1 unspecified atom stereocenters. The van der Waals surface area contributed by atoms with Crippen molar-refractivity contribution in [2.24, 2.45) is 11.1 Å². The normalized spacial score (nSPS) is 22.0. The zero-order chi connectivity index (χ0) is 24.2. The van der Waals surface area contributed by atoms with E-state index in [2.05, 4.69) is 25.8 Å². The molecule has 2 amide bonds. The predicted octanol–water partition coefficient (Wildman–Crippen LogP) is 3.35. The molecular formula is C25H30FN5O3. The summed E-state index contributed by atoms with van der Waals surface area (Å²) in [5.74, 6) is 0.252. The largest absolute Gasteiger partial charge is 0.391 e. The van der Waals surface area contributed by atoms with Crippen LogP contribution in [0.1, 0.15) is 72.2 Å². The Balaban J connectivity index is 1.36. The van der Waals surface area contributed by atoms with Gasteiger partial charge in [-0.05, 0) is 68.7 Å². The highest BCUT2D eigenvalue weighted by Crippen LogP contribution is 2.33. The minimum absolute atomic E-state index is 0.0120. The third kappa shape index (κ3) is 5.76. The lowest BCUT2D eigenvalue weighted by Gasteiger charge is -2.31. The number of nitrogens with one attached hydrogen (secondary N) is 2. The van der Waals surface area contributed by atoms with E-state index >= 15 is 0 Å². The van der Waals surface area contributed by atoms with Crippen LogP contribution >= 0.6 is 0 Å². The van der Waals surface area contributed by atoms with E-state index in [1.807, 2.05) is 0 Å². The number of aryl methyl sites for hydroxylation is 2. The highest BCUT2D eigenvalue weighted by molar-refractivity contribution is 6.01. The van der Waals surface area contributed by atoms with Crippen molar-refractivity contribution >= 4 is 17.5 Å². The maximum absolute atomic E-state index is 13.5. The van der Waals surface area contributed by atoms with Gasteiger partial charge in [0.25, 0.3) is 5.91 Å². The van der Waals surface area contributed by atoms with Gasteiger partial charge in [-0.1, -0.05) is 17.3 Å². The van der Waals surface area contributed by atoms with Crippen LogP contribution in [0.2, 0.25) is 0 Å². The highest BCUT2D eigenvalue weighted by Gasteiger charge is 2.34. The first-order valence-corrected chi connectivity index (χ1v) is 11.7. The molecule has 34 heavy (non-hydrogen) atoms. The highest BCUT2D eigenvalue weighted by atomic mass is 19.1. The van der Waals surface area contributed by atoms with Crippen molar-refractivity contribution in [3.05, 3.63) is 58.4 Å². The van der Waals surface area contributed by atoms with Gasteiger partial charge in [0, 0.05) is 25.9 Å². The average molecular weight is 468 g/mol. The molecule has 2 aliphatic rings. The number of nitrogens with zero attached hydrogens (tertiary/aromatic N) is 3. The predicted molar refractivity (Wildman–Crippen MR) is 125 cm³/mol. The van der Waals surface area contributed by atoms with Gasteiger partial charge in [-0.25, -0.2) is 14.4 Å². The van der Waals surface area contributed by atoms with Gasteiger partial charge in [0.2, 0.25) is 5.91 Å². The Morgan fingerprint density at radius 1 is 1.12 bits per heavy atom. The smallest absolute Gasteiger partial charge is 0.270 e. The van der Waals surface area contributed by atoms with Crippen molar-refractivity contribution in [1.29, 1.82) is 0 Å². The van der Waals surface area contributed by atoms with Crippen LogP contribution in [0, 0.1) is 25.6 Å². The molecule has 0 radical (unpaired) electrons. The molecule has 1 atom stereocenters. The first kappa shape index (κ1) is 23.8. The standard InChI is InChI=1S/C25H30FN5O3/c1-14-10-17(4-9-20(14)26)13-27-25(33)23-11-21(28-15(2)29-23)22-12-24(34-31-22)18-5-7-19(8-6-18)30-16(3)32/h4,9-11,18-19,24H,5-8,12-13H2,1-3H3,(H,27,33)(H,30,32)/t18-,19-,24?. The van der Waals surface area contributed by atoms with Crippen LogP contribution in [0.25, 0.3) is 0 Å². The van der Waals surface area contributed by atoms with E-state index in [1.54, 1.807) is 39.0 Å². The fraction of sp³-hybridized carbons (Fsp3) is 0.480. The van der Waals surface area contributed by atoms with E-state index in [9.17, 15) is 14.0 Å². The molecule has 2 aromatic rings. The van der Waals surface area contributed by atoms with Gasteiger partial charge >= 0.3 is 0 Å². The molecule has 8 nitrogen and oxygen atoms in total. The lowest BCUT2D eigenvalue weighted by atomic mass is 9.81. The van der Waals surface area contributed by atoms with E-state index < -0.39 is 0 Å². The second-order valence-corrected chi connectivity index (χ2v) is 9.15. The monoisotopic (exact) mass is 467 g/mol. The van der Waals surface area contributed by atoms with Gasteiger partial charge < -0.3 is 15.5 Å². The maximum atomic E-state index is 13.5. The van der Waals surface area contributed by atoms with Crippen LogP contribution in [-0.2, 0) is 16.2 Å². The summed E-state index contributed by atoms with van der Waals surface area (Å²) in [6.45, 7) is 5.24. The SMILES string of the molecule is CC(=O)N[C@H]1CC[C@H](C2CC(c3cc(C(=O)NCc4ccc(F)c(C)c4)nc(C)n3)=NO2)CC1. The Morgan fingerprint density at radius 2 is 1.88 bits per heavy atom. The van der Waals surface area contributed by atoms with Crippen molar-refractivity contribution in [3.63, 3.8) is 0 Å². The van der Waals surface area contributed by atoms with Crippen molar-refractivity contribution < 1.29 is 18.8 Å². The Hall–Kier alpha value is -3.36. The second-order valence-electron chi connectivity index (χ2n) is 9.15. The summed E-state index contributed by atoms with van der Waals surface area (Å²) in [6.07, 6.45) is 4.41. The summed E-state index contributed by atoms with van der Waals surface area (Å²) in [5.41, 5.74) is 2.89. The molecule has 0 spiro atoms. The molecule has 1 aromatic heterocycles. The van der Waals surface area contributed by atoms with Gasteiger partial charge in [0.05, 0.1) is 5.69 Å². The van der Waals surface area contributed by atoms with Gasteiger partial charge in [-0.2, -0.15) is 0 Å². The number of rotatable bonds is 6. The van der Waals surface area contributed by atoms with Crippen LogP contribution < -0.4 is 10.6 Å². The molecule has 9 heteroatoms. The van der Waals surface area contributed by atoms with E-state index in [1.165, 1.54) is 6.07 Å². The molecule has 2 N–H and O–H groups in total. The van der Waals surface area contributed by atoms with Crippen molar-refractivity contribution in [2.75, 3.05) is 0 Å². The molecule has 2 heterocycles. The number of benzene rings is 1. The Morgan fingerprint density at radius 3 is 2.59 bits per heavy atom. The number of hydrogen-bond donors (Lipinski definition) is 2. The molecule has 0 saturated heterocycles. The quantitative estimate of drug-likeness (QED) is 0.678. The summed E-state index contributed by atoms with van der Waals surface area (Å²) >= 11 is 0. The van der Waals surface area contributed by atoms with Crippen LogP contribution in [0.15, 0.2) is 29.4 Å². The topological polar surface area (TPSA) is 106 Å². The van der Waals surface area contributed by atoms with Gasteiger partial charge in [0.15, 0.2) is 0 Å². The number of amides is 2. The van der Waals surface area contributed by atoms with Crippen LogP contribution in [0.4, 0.5) is 4.39 Å². The van der Waals surface area contributed by atoms with Crippen molar-refractivity contribution in [3.8, 4) is 0 Å². The van der Waals surface area contributed by atoms with Crippen molar-refractivity contribution in [2.45, 2.75) is 71.6 Å². The van der Waals surface area contributed by atoms with Gasteiger partial charge in [0.1, 0.15) is 29.2 Å². The fourth-order valence-electron chi connectivity index (χ4n) is 4.64. The van der Waals surface area contributed by atoms with E-state index in [4.69, 9.17) is 4.84 Å². The van der Waals surface area contributed by atoms with Crippen LogP contribution in [0.3, 0.4) is 0 Å². The number of hydrogen-bond acceptors (Lipinski definition) is 6. The Bertz CT molecular complexity index is 1110. The lowest BCUT2D eigenvalue weighted by molar-refractivity contribution is -0.120. The fourth-order valence-corrected chi connectivity index (χ4v) is 4.64. The van der Waals surface area contributed by atoms with E-state index in [0.29, 0.717) is 35.1 Å². The molecular weight excluding hydrogens is 437 g/mol. The number of carbonyl (C=O) groups excluding carboxylic acids is 2. The van der Waals surface area contributed by atoms with Crippen LogP contribution in [-0.4, -0.2) is 39.6 Å². The number of oxime groups is 1. The minimum Gasteiger partial charge on any atom is -0.391 e. The second kappa shape index (κ2) is 10.3. The van der Waals surface area contributed by atoms with Gasteiger partial charge in [-0.15, -0.1) is 0 Å². The molecule has 0 bridgehead atoms. The first-order chi connectivity index (χ1) is 16.3.